The molecule has 8 aliphatic carbocycles. The van der Waals surface area contributed by atoms with Gasteiger partial charge in [0.05, 0.1) is 6.61 Å². The summed E-state index contributed by atoms with van der Waals surface area (Å²) in [6.45, 7) is 2.92. The first-order valence-corrected chi connectivity index (χ1v) is 23.0. The van der Waals surface area contributed by atoms with E-state index in [1.165, 1.54) is 92.4 Å². The highest BCUT2D eigenvalue weighted by Crippen LogP contribution is 2.72. The molecule has 0 saturated carbocycles. The van der Waals surface area contributed by atoms with Crippen LogP contribution < -0.4 is 9.26 Å². The summed E-state index contributed by atoms with van der Waals surface area (Å²) in [7, 11) is -4.88. The highest BCUT2D eigenvalue weighted by atomic mass is 31.2. The Balaban J connectivity index is 0.968. The topological polar surface area (TPSA) is 76.0 Å². The molecule has 0 spiro atoms. The van der Waals surface area contributed by atoms with Crippen molar-refractivity contribution in [3.05, 3.63) is 162 Å². The molecular formula is C50H47O5P. The highest BCUT2D eigenvalue weighted by molar-refractivity contribution is 7.46. The van der Waals surface area contributed by atoms with E-state index in [4.69, 9.17) is 9.26 Å². The molecule has 6 heteroatoms. The second-order valence-corrected chi connectivity index (χ2v) is 19.5. The van der Waals surface area contributed by atoms with Gasteiger partial charge in [-0.1, -0.05) is 112 Å². The smallest absolute Gasteiger partial charge is 0.493 e. The first-order chi connectivity index (χ1) is 27.4. The molecule has 2 N–H and O–H groups in total. The van der Waals surface area contributed by atoms with E-state index in [0.717, 1.165) is 66.5 Å². The van der Waals surface area contributed by atoms with Crippen molar-refractivity contribution < 1.29 is 23.6 Å². The third kappa shape index (κ3) is 4.22. The lowest BCUT2D eigenvalue weighted by Gasteiger charge is -2.33. The molecule has 8 atom stereocenters. The highest BCUT2D eigenvalue weighted by Gasteiger charge is 2.55. The molecule has 282 valence electrons. The lowest BCUT2D eigenvalue weighted by molar-refractivity contribution is 0.278. The molecule has 5 nitrogen and oxygen atoms in total. The molecule has 5 aromatic rings. The van der Waals surface area contributed by atoms with Gasteiger partial charge in [0.15, 0.2) is 0 Å². The van der Waals surface area contributed by atoms with Gasteiger partial charge in [0.2, 0.25) is 0 Å². The van der Waals surface area contributed by atoms with Crippen LogP contribution in [0.4, 0.5) is 0 Å². The van der Waals surface area contributed by atoms with Crippen molar-refractivity contribution in [3.63, 3.8) is 0 Å². The fourth-order valence-corrected chi connectivity index (χ4v) is 14.3. The second kappa shape index (κ2) is 11.5. The number of ether oxygens (including phenoxy) is 1. The Morgan fingerprint density at radius 2 is 0.821 bits per heavy atom. The molecule has 0 radical (unpaired) electrons. The van der Waals surface area contributed by atoms with E-state index < -0.39 is 7.82 Å². The summed E-state index contributed by atoms with van der Waals surface area (Å²) in [5.41, 5.74) is 21.6. The van der Waals surface area contributed by atoms with Gasteiger partial charge in [-0.25, -0.2) is 4.57 Å². The van der Waals surface area contributed by atoms with Crippen LogP contribution in [0.1, 0.15) is 207 Å². The van der Waals surface area contributed by atoms with Crippen molar-refractivity contribution in [1.82, 2.24) is 0 Å². The van der Waals surface area contributed by atoms with Crippen molar-refractivity contribution in [3.8, 4) is 11.5 Å². The van der Waals surface area contributed by atoms with E-state index >= 15 is 0 Å². The molecular weight excluding hydrogens is 712 g/mol. The predicted molar refractivity (Wildman–Crippen MR) is 217 cm³/mol. The van der Waals surface area contributed by atoms with Gasteiger partial charge < -0.3 is 9.26 Å². The van der Waals surface area contributed by atoms with Gasteiger partial charge in [0, 0.05) is 69.6 Å². The SMILES string of the molecule is CCCCCCCCOc1c2c(c(OP(=O)(O)O)c3c1C1CC3c3cc4c(cc31)C1CC4c3ccccc31)C1CC2c2cc3c(cc21)C1CC3c2ccccc21. The van der Waals surface area contributed by atoms with Crippen LogP contribution in [0.15, 0.2) is 72.8 Å². The zero-order chi connectivity index (χ0) is 37.2. The molecule has 8 unspecified atom stereocenters. The molecule has 8 bridgehead atoms. The largest absolute Gasteiger partial charge is 0.524 e. The van der Waals surface area contributed by atoms with Crippen LogP contribution in [-0.4, -0.2) is 16.4 Å². The first-order valence-electron chi connectivity index (χ1n) is 21.5. The van der Waals surface area contributed by atoms with E-state index in [2.05, 4.69) is 79.7 Å². The number of phosphoric ester groups is 1. The number of hydrogen-bond acceptors (Lipinski definition) is 3. The summed E-state index contributed by atoms with van der Waals surface area (Å²) in [6.07, 6.45) is 11.3. The van der Waals surface area contributed by atoms with Gasteiger partial charge in [-0.05, 0) is 98.9 Å². The fraction of sp³-hybridized carbons (Fsp3) is 0.400. The molecule has 56 heavy (non-hydrogen) atoms. The number of phosphoric acid groups is 1. The van der Waals surface area contributed by atoms with Crippen LogP contribution in [0, 0.1) is 0 Å². The van der Waals surface area contributed by atoms with Crippen LogP contribution in [0.5, 0.6) is 11.5 Å². The summed E-state index contributed by atoms with van der Waals surface area (Å²) >= 11 is 0. The third-order valence-electron chi connectivity index (χ3n) is 15.9. The van der Waals surface area contributed by atoms with Crippen LogP contribution in [0.25, 0.3) is 0 Å². The summed E-state index contributed by atoms with van der Waals surface area (Å²) in [4.78, 5) is 21.3. The molecule has 0 amide bonds. The maximum Gasteiger partial charge on any atom is 0.524 e. The summed E-state index contributed by atoms with van der Waals surface area (Å²) in [5, 5.41) is 0. The minimum Gasteiger partial charge on any atom is -0.493 e. The van der Waals surface area contributed by atoms with Crippen LogP contribution in [-0.2, 0) is 4.57 Å². The third-order valence-corrected chi connectivity index (χ3v) is 16.3. The van der Waals surface area contributed by atoms with E-state index in [0.29, 0.717) is 36.0 Å². The van der Waals surface area contributed by atoms with E-state index in [1.54, 1.807) is 0 Å². The zero-order valence-electron chi connectivity index (χ0n) is 31.9. The summed E-state index contributed by atoms with van der Waals surface area (Å²) < 4.78 is 26.3. The predicted octanol–water partition coefficient (Wildman–Crippen LogP) is 11.8. The molecule has 0 fully saturated rings. The number of rotatable bonds is 10. The first kappa shape index (κ1) is 32.9. The van der Waals surface area contributed by atoms with E-state index in [-0.39, 0.29) is 23.7 Å². The standard InChI is InChI=1S/C50H47O5P/c1-2-3-4-5-6-11-16-54-49-45-41-23-43(39-21-35-31-17-29(33(35)19-37(39)41)25-12-7-9-14-27(25)31)47(45)50(55-56(51,52)53)48-44-24-42(46(48)49)38-20-34-30-18-32(36(34)22-40(38)44)28-15-10-8-13-26(28)30/h7-10,12-15,19-22,29-32,41-44H,2-6,11,16-18,23-24H2,1H3,(H2,51,52,53). The van der Waals surface area contributed by atoms with Gasteiger partial charge >= 0.3 is 7.82 Å². The Bertz CT molecular complexity index is 2460. The number of fused-ring (bicyclic) bond motifs is 32. The number of hydrogen-bond donors (Lipinski definition) is 2. The van der Waals surface area contributed by atoms with Crippen molar-refractivity contribution in [2.24, 2.45) is 0 Å². The van der Waals surface area contributed by atoms with Gasteiger partial charge in [-0.15, -0.1) is 0 Å². The normalized spacial score (nSPS) is 27.5. The molecule has 0 aromatic heterocycles. The maximum absolute atomic E-state index is 13.1. The second-order valence-electron chi connectivity index (χ2n) is 18.4. The lowest BCUT2D eigenvalue weighted by Crippen LogP contribution is -2.17. The van der Waals surface area contributed by atoms with Crippen LogP contribution >= 0.6 is 7.82 Å². The maximum atomic E-state index is 13.1. The van der Waals surface area contributed by atoms with Crippen molar-refractivity contribution in [2.45, 2.75) is 118 Å². The Kier molecular flexibility index (Phi) is 6.75. The summed E-state index contributed by atoms with van der Waals surface area (Å²) in [5.74, 6) is 3.52. The van der Waals surface area contributed by atoms with Gasteiger partial charge in [0.25, 0.3) is 0 Å². The molecule has 0 heterocycles. The van der Waals surface area contributed by atoms with Gasteiger partial charge in [-0.2, -0.15) is 0 Å². The Morgan fingerprint density at radius 1 is 0.482 bits per heavy atom. The lowest BCUT2D eigenvalue weighted by atomic mass is 9.74. The molecule has 13 rings (SSSR count). The van der Waals surface area contributed by atoms with Gasteiger partial charge in [-0.3, -0.25) is 9.79 Å². The average molecular weight is 759 g/mol. The Hall–Kier alpha value is -4.15. The number of unbranched alkanes of at least 4 members (excludes halogenated alkanes) is 5. The fourth-order valence-electron chi connectivity index (χ4n) is 13.9. The van der Waals surface area contributed by atoms with Gasteiger partial charge in [0.1, 0.15) is 11.5 Å². The molecule has 0 saturated heterocycles. The molecule has 8 aliphatic rings. The molecule has 5 aromatic carbocycles. The van der Waals surface area contributed by atoms with Crippen molar-refractivity contribution in [1.29, 1.82) is 0 Å². The molecule has 0 aliphatic heterocycles. The Morgan fingerprint density at radius 3 is 1.21 bits per heavy atom. The Labute approximate surface area is 328 Å². The quantitative estimate of drug-likeness (QED) is 0.110. The minimum atomic E-state index is -4.88. The summed E-state index contributed by atoms with van der Waals surface area (Å²) in [6, 6.07) is 28.0. The van der Waals surface area contributed by atoms with Crippen molar-refractivity contribution in [2.75, 3.05) is 6.61 Å². The average Bonchev–Trinajstić information content (AvgIpc) is 4.08. The van der Waals surface area contributed by atoms with Crippen molar-refractivity contribution >= 4 is 7.82 Å². The van der Waals surface area contributed by atoms with Crippen LogP contribution in [0.3, 0.4) is 0 Å². The number of benzene rings is 5. The monoisotopic (exact) mass is 758 g/mol. The van der Waals surface area contributed by atoms with E-state index in [9.17, 15) is 14.4 Å². The zero-order valence-corrected chi connectivity index (χ0v) is 32.8. The minimum absolute atomic E-state index is 0.0266. The van der Waals surface area contributed by atoms with Crippen LogP contribution in [0.2, 0.25) is 0 Å². The van der Waals surface area contributed by atoms with E-state index in [1.807, 2.05) is 0 Å².